The lowest BCUT2D eigenvalue weighted by atomic mass is 10.0. The van der Waals surface area contributed by atoms with Crippen LogP contribution in [0.25, 0.3) is 0 Å². The predicted molar refractivity (Wildman–Crippen MR) is 86.5 cm³/mol. The predicted octanol–water partition coefficient (Wildman–Crippen LogP) is 2.27. The molecule has 1 aromatic carbocycles. The minimum atomic E-state index is -0.487. The molecule has 6 heteroatoms. The van der Waals surface area contributed by atoms with E-state index in [9.17, 15) is 4.79 Å². The fourth-order valence-corrected chi connectivity index (χ4v) is 1.80. The lowest BCUT2D eigenvalue weighted by molar-refractivity contribution is -0.118. The van der Waals surface area contributed by atoms with Crippen LogP contribution in [-0.4, -0.2) is 21.7 Å². The molecule has 1 atom stereocenters. The van der Waals surface area contributed by atoms with Gasteiger partial charge in [-0.15, -0.1) is 12.4 Å². The van der Waals surface area contributed by atoms with Crippen LogP contribution in [-0.2, 0) is 11.3 Å². The van der Waals surface area contributed by atoms with Crippen molar-refractivity contribution in [3.05, 3.63) is 48.3 Å². The van der Waals surface area contributed by atoms with Crippen molar-refractivity contribution in [2.24, 2.45) is 11.7 Å². The van der Waals surface area contributed by atoms with E-state index in [0.29, 0.717) is 6.54 Å². The Balaban J connectivity index is 0.00000220. The van der Waals surface area contributed by atoms with Crippen LogP contribution >= 0.6 is 12.4 Å². The number of anilines is 1. The number of nitrogens with zero attached hydrogens (tertiary/aromatic N) is 2. The maximum absolute atomic E-state index is 11.8. The van der Waals surface area contributed by atoms with E-state index in [1.807, 2.05) is 55.1 Å². The number of nitrogens with two attached hydrogens (primary N) is 1. The average molecular weight is 309 g/mol. The molecule has 0 radical (unpaired) electrons. The summed E-state index contributed by atoms with van der Waals surface area (Å²) in [5.41, 5.74) is 7.69. The Morgan fingerprint density at radius 1 is 1.33 bits per heavy atom. The Morgan fingerprint density at radius 2 is 2.00 bits per heavy atom. The molecule has 114 valence electrons. The highest BCUT2D eigenvalue weighted by atomic mass is 35.5. The first-order chi connectivity index (χ1) is 9.56. The maximum Gasteiger partial charge on any atom is 0.241 e. The molecule has 1 amide bonds. The molecule has 0 aliphatic carbocycles. The fourth-order valence-electron chi connectivity index (χ4n) is 1.80. The third-order valence-corrected chi connectivity index (χ3v) is 3.15. The molecule has 5 nitrogen and oxygen atoms in total. The molecule has 1 aromatic heterocycles. The second-order valence-corrected chi connectivity index (χ2v) is 5.16. The van der Waals surface area contributed by atoms with Crippen molar-refractivity contribution in [1.29, 1.82) is 0 Å². The molecular formula is C15H21ClN4O. The summed E-state index contributed by atoms with van der Waals surface area (Å²) in [6, 6.07) is 9.10. The van der Waals surface area contributed by atoms with Gasteiger partial charge in [0.2, 0.25) is 5.91 Å². The fraction of sp³-hybridized carbons (Fsp3) is 0.333. The summed E-state index contributed by atoms with van der Waals surface area (Å²) < 4.78 is 1.85. The number of hydrogen-bond donors (Lipinski definition) is 2. The summed E-state index contributed by atoms with van der Waals surface area (Å²) in [4.78, 5) is 11.8. The summed E-state index contributed by atoms with van der Waals surface area (Å²) in [6.45, 7) is 4.57. The van der Waals surface area contributed by atoms with Gasteiger partial charge in [0, 0.05) is 18.1 Å². The highest BCUT2D eigenvalue weighted by Gasteiger charge is 2.16. The molecular weight excluding hydrogens is 288 g/mol. The van der Waals surface area contributed by atoms with E-state index in [4.69, 9.17) is 5.73 Å². The summed E-state index contributed by atoms with van der Waals surface area (Å²) in [7, 11) is 0. The van der Waals surface area contributed by atoms with Crippen LogP contribution in [0.4, 0.5) is 5.69 Å². The molecule has 0 saturated carbocycles. The quantitative estimate of drug-likeness (QED) is 0.890. The van der Waals surface area contributed by atoms with Crippen LogP contribution in [0.2, 0.25) is 0 Å². The number of rotatable bonds is 5. The SMILES string of the molecule is CC(C)[C@@H](N)C(=O)Nc1ccc(Cn2cccn2)cc1.Cl. The average Bonchev–Trinajstić information content (AvgIpc) is 2.92. The van der Waals surface area contributed by atoms with Gasteiger partial charge in [0.1, 0.15) is 0 Å². The molecule has 0 spiro atoms. The van der Waals surface area contributed by atoms with Gasteiger partial charge < -0.3 is 11.1 Å². The summed E-state index contributed by atoms with van der Waals surface area (Å²) in [5.74, 6) is -0.0334. The van der Waals surface area contributed by atoms with Crippen molar-refractivity contribution >= 4 is 24.0 Å². The number of hydrogen-bond acceptors (Lipinski definition) is 3. The Kier molecular flexibility index (Phi) is 6.39. The van der Waals surface area contributed by atoms with Gasteiger partial charge in [-0.2, -0.15) is 5.10 Å². The van der Waals surface area contributed by atoms with Crippen molar-refractivity contribution in [2.45, 2.75) is 26.4 Å². The van der Waals surface area contributed by atoms with Crippen molar-refractivity contribution in [2.75, 3.05) is 5.32 Å². The van der Waals surface area contributed by atoms with Crippen LogP contribution < -0.4 is 11.1 Å². The van der Waals surface area contributed by atoms with E-state index in [1.165, 1.54) is 0 Å². The lowest BCUT2D eigenvalue weighted by Crippen LogP contribution is -2.39. The Morgan fingerprint density at radius 3 is 2.52 bits per heavy atom. The van der Waals surface area contributed by atoms with Gasteiger partial charge in [-0.1, -0.05) is 26.0 Å². The molecule has 0 bridgehead atoms. The second kappa shape index (κ2) is 7.81. The first-order valence-corrected chi connectivity index (χ1v) is 6.69. The molecule has 21 heavy (non-hydrogen) atoms. The normalized spacial score (nSPS) is 11.8. The molecule has 0 aliphatic rings. The molecule has 0 aliphatic heterocycles. The van der Waals surface area contributed by atoms with E-state index >= 15 is 0 Å². The van der Waals surface area contributed by atoms with Crippen molar-refractivity contribution < 1.29 is 4.79 Å². The first-order valence-electron chi connectivity index (χ1n) is 6.69. The highest BCUT2D eigenvalue weighted by Crippen LogP contribution is 2.11. The number of amides is 1. The Labute approximate surface area is 130 Å². The van der Waals surface area contributed by atoms with Gasteiger partial charge >= 0.3 is 0 Å². The van der Waals surface area contributed by atoms with E-state index in [0.717, 1.165) is 11.3 Å². The number of carbonyl (C=O) groups is 1. The zero-order valence-corrected chi connectivity index (χ0v) is 13.0. The largest absolute Gasteiger partial charge is 0.325 e. The van der Waals surface area contributed by atoms with E-state index in [1.54, 1.807) is 6.20 Å². The molecule has 2 aromatic rings. The number of aromatic nitrogens is 2. The van der Waals surface area contributed by atoms with Gasteiger partial charge in [-0.05, 0) is 29.7 Å². The third kappa shape index (κ3) is 4.88. The van der Waals surface area contributed by atoms with Crippen LogP contribution in [0.5, 0.6) is 0 Å². The minimum Gasteiger partial charge on any atom is -0.325 e. The number of benzene rings is 1. The van der Waals surface area contributed by atoms with Crippen molar-refractivity contribution in [3.8, 4) is 0 Å². The summed E-state index contributed by atoms with van der Waals surface area (Å²) in [6.07, 6.45) is 3.67. The van der Waals surface area contributed by atoms with E-state index < -0.39 is 6.04 Å². The summed E-state index contributed by atoms with van der Waals surface area (Å²) in [5, 5.41) is 6.98. The smallest absolute Gasteiger partial charge is 0.241 e. The number of nitrogens with one attached hydrogen (secondary N) is 1. The van der Waals surface area contributed by atoms with Gasteiger partial charge in [0.05, 0.1) is 12.6 Å². The van der Waals surface area contributed by atoms with Gasteiger partial charge in [0.15, 0.2) is 0 Å². The minimum absolute atomic E-state index is 0. The van der Waals surface area contributed by atoms with Crippen molar-refractivity contribution in [3.63, 3.8) is 0 Å². The highest BCUT2D eigenvalue weighted by molar-refractivity contribution is 5.94. The molecule has 1 heterocycles. The number of halogens is 1. The molecule has 0 saturated heterocycles. The van der Waals surface area contributed by atoms with Gasteiger partial charge in [-0.3, -0.25) is 9.48 Å². The molecule has 3 N–H and O–H groups in total. The maximum atomic E-state index is 11.8. The van der Waals surface area contributed by atoms with Crippen LogP contribution in [0, 0.1) is 5.92 Å². The topological polar surface area (TPSA) is 72.9 Å². The third-order valence-electron chi connectivity index (χ3n) is 3.15. The van der Waals surface area contributed by atoms with E-state index in [-0.39, 0.29) is 24.2 Å². The second-order valence-electron chi connectivity index (χ2n) is 5.16. The zero-order chi connectivity index (χ0) is 14.5. The lowest BCUT2D eigenvalue weighted by Gasteiger charge is -2.15. The molecule has 2 rings (SSSR count). The van der Waals surface area contributed by atoms with Crippen LogP contribution in [0.15, 0.2) is 42.7 Å². The number of carbonyl (C=O) groups excluding carboxylic acids is 1. The molecule has 0 fully saturated rings. The zero-order valence-electron chi connectivity index (χ0n) is 12.2. The van der Waals surface area contributed by atoms with Crippen LogP contribution in [0.1, 0.15) is 19.4 Å². The van der Waals surface area contributed by atoms with E-state index in [2.05, 4.69) is 10.4 Å². The Hall–Kier alpha value is -1.85. The first kappa shape index (κ1) is 17.2. The summed E-state index contributed by atoms with van der Waals surface area (Å²) >= 11 is 0. The monoisotopic (exact) mass is 308 g/mol. The van der Waals surface area contributed by atoms with Crippen molar-refractivity contribution in [1.82, 2.24) is 9.78 Å². The van der Waals surface area contributed by atoms with Gasteiger partial charge in [0.25, 0.3) is 0 Å². The van der Waals surface area contributed by atoms with Crippen LogP contribution in [0.3, 0.4) is 0 Å². The Bertz CT molecular complexity index is 552. The molecule has 0 unspecified atom stereocenters. The standard InChI is InChI=1S/C15H20N4O.ClH/c1-11(2)14(16)15(20)18-13-6-4-12(5-7-13)10-19-9-3-8-17-19;/h3-9,11,14H,10,16H2,1-2H3,(H,18,20);1H/t14-;/m1./s1. The van der Waals surface area contributed by atoms with Gasteiger partial charge in [-0.25, -0.2) is 0 Å².